The maximum atomic E-state index is 9.73. The molecule has 0 saturated carbocycles. The number of rotatable bonds is 1. The highest BCUT2D eigenvalue weighted by atomic mass is 16.3. The van der Waals surface area contributed by atoms with Crippen molar-refractivity contribution in [2.24, 2.45) is 5.41 Å². The molecule has 2 heteroatoms. The minimum Gasteiger partial charge on any atom is -0.506 e. The van der Waals surface area contributed by atoms with Gasteiger partial charge >= 0.3 is 0 Å². The average Bonchev–Trinajstić information content (AvgIpc) is 2.17. The number of nitrogens with zero attached hydrogens (tertiary/aromatic N) is 1. The highest BCUT2D eigenvalue weighted by molar-refractivity contribution is 5.84. The first-order valence-corrected chi connectivity index (χ1v) is 5.53. The second kappa shape index (κ2) is 3.78. The van der Waals surface area contributed by atoms with E-state index in [4.69, 9.17) is 0 Å². The molecular weight excluding hydrogens is 198 g/mol. The Balaban J connectivity index is 2.47. The fourth-order valence-corrected chi connectivity index (χ4v) is 1.81. The van der Waals surface area contributed by atoms with E-state index in [-0.39, 0.29) is 11.2 Å². The largest absolute Gasteiger partial charge is 0.506 e. The zero-order chi connectivity index (χ0) is 11.8. The fraction of sp³-hybridized carbons (Fsp3) is 0.357. The molecule has 0 aliphatic rings. The summed E-state index contributed by atoms with van der Waals surface area (Å²) in [5.74, 6) is 0.258. The van der Waals surface area contributed by atoms with Gasteiger partial charge in [0.15, 0.2) is 0 Å². The van der Waals surface area contributed by atoms with Crippen LogP contribution in [0.2, 0.25) is 0 Å². The topological polar surface area (TPSA) is 33.1 Å². The van der Waals surface area contributed by atoms with Gasteiger partial charge in [-0.1, -0.05) is 39.0 Å². The molecule has 0 aliphatic carbocycles. The van der Waals surface area contributed by atoms with Crippen molar-refractivity contribution in [2.45, 2.75) is 27.2 Å². The van der Waals surface area contributed by atoms with Crippen LogP contribution >= 0.6 is 0 Å². The fourth-order valence-electron chi connectivity index (χ4n) is 1.81. The first-order chi connectivity index (χ1) is 7.46. The van der Waals surface area contributed by atoms with E-state index in [1.54, 1.807) is 6.07 Å². The van der Waals surface area contributed by atoms with Crippen molar-refractivity contribution in [3.8, 4) is 5.75 Å². The third-order valence-corrected chi connectivity index (χ3v) is 2.47. The van der Waals surface area contributed by atoms with Gasteiger partial charge in [-0.15, -0.1) is 0 Å². The molecule has 0 unspecified atom stereocenters. The second-order valence-electron chi connectivity index (χ2n) is 5.39. The SMILES string of the molecule is CC(C)(C)Cc1ccc2cccc(O)c2n1. The third-order valence-electron chi connectivity index (χ3n) is 2.47. The van der Waals surface area contributed by atoms with E-state index in [9.17, 15) is 5.11 Å². The van der Waals surface area contributed by atoms with Crippen molar-refractivity contribution in [3.05, 3.63) is 36.0 Å². The summed E-state index contributed by atoms with van der Waals surface area (Å²) >= 11 is 0. The predicted molar refractivity (Wildman–Crippen MR) is 66.6 cm³/mol. The standard InChI is InChI=1S/C14H17NO/c1-14(2,3)9-11-8-7-10-5-4-6-12(16)13(10)15-11/h4-8,16H,9H2,1-3H3. The number of hydrogen-bond acceptors (Lipinski definition) is 2. The first-order valence-electron chi connectivity index (χ1n) is 5.53. The molecule has 0 atom stereocenters. The van der Waals surface area contributed by atoms with Gasteiger partial charge < -0.3 is 5.11 Å². The summed E-state index contributed by atoms with van der Waals surface area (Å²) in [5.41, 5.74) is 1.94. The number of aromatic nitrogens is 1. The van der Waals surface area contributed by atoms with Crippen LogP contribution in [-0.4, -0.2) is 10.1 Å². The van der Waals surface area contributed by atoms with E-state index in [1.165, 1.54) is 0 Å². The number of phenols is 1. The number of fused-ring (bicyclic) bond motifs is 1. The Morgan fingerprint density at radius 3 is 2.56 bits per heavy atom. The number of para-hydroxylation sites is 1. The number of benzene rings is 1. The molecule has 0 spiro atoms. The van der Waals surface area contributed by atoms with Crippen molar-refractivity contribution >= 4 is 10.9 Å². The van der Waals surface area contributed by atoms with E-state index in [1.807, 2.05) is 24.3 Å². The van der Waals surface area contributed by atoms with Crippen LogP contribution in [0.5, 0.6) is 5.75 Å². The minimum atomic E-state index is 0.213. The summed E-state index contributed by atoms with van der Waals surface area (Å²) in [7, 11) is 0. The van der Waals surface area contributed by atoms with Gasteiger partial charge in [0, 0.05) is 11.1 Å². The summed E-state index contributed by atoms with van der Waals surface area (Å²) in [4.78, 5) is 4.51. The average molecular weight is 215 g/mol. The molecule has 1 aromatic carbocycles. The molecule has 0 bridgehead atoms. The van der Waals surface area contributed by atoms with Gasteiger partial charge in [-0.2, -0.15) is 0 Å². The summed E-state index contributed by atoms with van der Waals surface area (Å²) < 4.78 is 0. The van der Waals surface area contributed by atoms with Crippen LogP contribution in [-0.2, 0) is 6.42 Å². The van der Waals surface area contributed by atoms with Gasteiger partial charge in [0.1, 0.15) is 11.3 Å². The van der Waals surface area contributed by atoms with Gasteiger partial charge in [0.2, 0.25) is 0 Å². The molecule has 16 heavy (non-hydrogen) atoms. The van der Waals surface area contributed by atoms with Gasteiger partial charge in [-0.3, -0.25) is 0 Å². The molecule has 1 N–H and O–H groups in total. The van der Waals surface area contributed by atoms with Crippen molar-refractivity contribution in [3.63, 3.8) is 0 Å². The molecule has 0 radical (unpaired) electrons. The second-order valence-corrected chi connectivity index (χ2v) is 5.39. The quantitative estimate of drug-likeness (QED) is 0.789. The van der Waals surface area contributed by atoms with E-state index in [2.05, 4.69) is 25.8 Å². The first kappa shape index (κ1) is 10.9. The van der Waals surface area contributed by atoms with Crippen molar-refractivity contribution in [1.29, 1.82) is 0 Å². The Morgan fingerprint density at radius 2 is 1.88 bits per heavy atom. The summed E-state index contributed by atoms with van der Waals surface area (Å²) in [6, 6.07) is 9.53. The van der Waals surface area contributed by atoms with Crippen LogP contribution in [0, 0.1) is 5.41 Å². The molecule has 1 aromatic heterocycles. The Bertz CT molecular complexity index is 512. The maximum Gasteiger partial charge on any atom is 0.141 e. The number of phenolic OH excluding ortho intramolecular Hbond substituents is 1. The summed E-state index contributed by atoms with van der Waals surface area (Å²) in [6.07, 6.45) is 0.914. The molecule has 0 aliphatic heterocycles. The van der Waals surface area contributed by atoms with E-state index < -0.39 is 0 Å². The van der Waals surface area contributed by atoms with Crippen molar-refractivity contribution < 1.29 is 5.11 Å². The maximum absolute atomic E-state index is 9.73. The lowest BCUT2D eigenvalue weighted by atomic mass is 9.90. The van der Waals surface area contributed by atoms with Crippen LogP contribution in [0.3, 0.4) is 0 Å². The lowest BCUT2D eigenvalue weighted by Gasteiger charge is -2.17. The molecule has 2 aromatic rings. The highest BCUT2D eigenvalue weighted by Gasteiger charge is 2.13. The zero-order valence-electron chi connectivity index (χ0n) is 9.99. The molecule has 84 valence electrons. The summed E-state index contributed by atoms with van der Waals surface area (Å²) in [5, 5.41) is 10.7. The lowest BCUT2D eigenvalue weighted by molar-refractivity contribution is 0.406. The van der Waals surface area contributed by atoms with Crippen molar-refractivity contribution in [2.75, 3.05) is 0 Å². The molecule has 2 nitrogen and oxygen atoms in total. The Morgan fingerprint density at radius 1 is 1.12 bits per heavy atom. The summed E-state index contributed by atoms with van der Waals surface area (Å²) in [6.45, 7) is 6.55. The van der Waals surface area contributed by atoms with Crippen LogP contribution in [0.15, 0.2) is 30.3 Å². The third kappa shape index (κ3) is 2.32. The van der Waals surface area contributed by atoms with E-state index in [0.717, 1.165) is 17.5 Å². The normalized spacial score (nSPS) is 11.9. The predicted octanol–water partition coefficient (Wildman–Crippen LogP) is 3.53. The smallest absolute Gasteiger partial charge is 0.141 e. The van der Waals surface area contributed by atoms with Gasteiger partial charge in [-0.25, -0.2) is 4.98 Å². The van der Waals surface area contributed by atoms with Crippen LogP contribution in [0.4, 0.5) is 0 Å². The monoisotopic (exact) mass is 215 g/mol. The molecule has 1 heterocycles. The van der Waals surface area contributed by atoms with E-state index >= 15 is 0 Å². The number of pyridine rings is 1. The van der Waals surface area contributed by atoms with Gasteiger partial charge in [0.05, 0.1) is 0 Å². The highest BCUT2D eigenvalue weighted by Crippen LogP contribution is 2.25. The minimum absolute atomic E-state index is 0.213. The molecular formula is C14H17NO. The van der Waals surface area contributed by atoms with Crippen LogP contribution in [0.1, 0.15) is 26.5 Å². The molecule has 0 fully saturated rings. The molecule has 2 rings (SSSR count). The zero-order valence-corrected chi connectivity index (χ0v) is 9.99. The van der Waals surface area contributed by atoms with Gasteiger partial charge in [0.25, 0.3) is 0 Å². The number of aromatic hydroxyl groups is 1. The van der Waals surface area contributed by atoms with Crippen LogP contribution < -0.4 is 0 Å². The Labute approximate surface area is 96.0 Å². The molecule has 0 amide bonds. The molecule has 0 saturated heterocycles. The van der Waals surface area contributed by atoms with Crippen LogP contribution in [0.25, 0.3) is 10.9 Å². The van der Waals surface area contributed by atoms with E-state index in [0.29, 0.717) is 5.52 Å². The number of hydrogen-bond donors (Lipinski definition) is 1. The Hall–Kier alpha value is -1.57. The van der Waals surface area contributed by atoms with Crippen molar-refractivity contribution in [1.82, 2.24) is 4.98 Å². The van der Waals surface area contributed by atoms with Gasteiger partial charge in [-0.05, 0) is 24.0 Å². The lowest BCUT2D eigenvalue weighted by Crippen LogP contribution is -2.10. The Kier molecular flexibility index (Phi) is 2.58.